The minimum Gasteiger partial charge on any atom is -0.494 e. The molecule has 4 heteroatoms. The maximum absolute atomic E-state index is 12.2. The first-order valence-corrected chi connectivity index (χ1v) is 15.4. The summed E-state index contributed by atoms with van der Waals surface area (Å²) in [4.78, 5) is 14.1. The average Bonchev–Trinajstić information content (AvgIpc) is 2.90. The second-order valence-corrected chi connectivity index (χ2v) is 10.5. The number of unbranched alkanes of at least 4 members (excludes halogenated alkanes) is 11. The molecule has 0 saturated heterocycles. The summed E-state index contributed by atoms with van der Waals surface area (Å²) in [6.07, 6.45) is 18.2. The van der Waals surface area contributed by atoms with Crippen LogP contribution in [0.25, 0.3) is 0 Å². The summed E-state index contributed by atoms with van der Waals surface area (Å²) in [5.74, 6) is 1.04. The fourth-order valence-electron chi connectivity index (χ4n) is 4.60. The molecule has 0 aromatic heterocycles. The van der Waals surface area contributed by atoms with Gasteiger partial charge in [-0.3, -0.25) is 4.79 Å². The molecule has 0 saturated carbocycles. The first-order valence-electron chi connectivity index (χ1n) is 14.3. The van der Waals surface area contributed by atoms with Crippen molar-refractivity contribution in [1.29, 1.82) is 0 Å². The van der Waals surface area contributed by atoms with E-state index in [1.54, 1.807) is 6.92 Å². The van der Waals surface area contributed by atoms with Gasteiger partial charge in [-0.1, -0.05) is 118 Å². The highest BCUT2D eigenvalue weighted by Gasteiger charge is 2.11. The summed E-state index contributed by atoms with van der Waals surface area (Å²) in [6.45, 7) is 5.45. The van der Waals surface area contributed by atoms with Crippen molar-refractivity contribution in [3.05, 3.63) is 59.7 Å². The molecule has 0 aliphatic heterocycles. The van der Waals surface area contributed by atoms with Crippen molar-refractivity contribution in [2.24, 2.45) is 0 Å². The molecule has 200 valence electrons. The van der Waals surface area contributed by atoms with Crippen molar-refractivity contribution in [2.75, 3.05) is 18.1 Å². The van der Waals surface area contributed by atoms with E-state index in [-0.39, 0.29) is 5.91 Å². The Balaban J connectivity index is 1.55. The van der Waals surface area contributed by atoms with Crippen LogP contribution in [0.4, 0.5) is 5.69 Å². The number of amides is 1. The molecule has 2 aromatic rings. The van der Waals surface area contributed by atoms with Gasteiger partial charge in [0.25, 0.3) is 0 Å². The van der Waals surface area contributed by atoms with Crippen LogP contribution in [0.3, 0.4) is 0 Å². The third-order valence-electron chi connectivity index (χ3n) is 6.79. The lowest BCUT2D eigenvalue weighted by atomic mass is 10.1. The minimum atomic E-state index is 0.0864. The lowest BCUT2D eigenvalue weighted by Gasteiger charge is -2.22. The van der Waals surface area contributed by atoms with Gasteiger partial charge in [0, 0.05) is 24.5 Å². The van der Waals surface area contributed by atoms with Crippen LogP contribution in [-0.2, 0) is 16.5 Å². The zero-order valence-corrected chi connectivity index (χ0v) is 24.4. The molecule has 0 bridgehead atoms. The molecule has 0 spiro atoms. The highest BCUT2D eigenvalue weighted by atomic mass is 79.9. The fraction of sp³-hybridized carbons (Fsp3) is 0.594. The quantitative estimate of drug-likeness (QED) is 0.120. The highest BCUT2D eigenvalue weighted by Crippen LogP contribution is 2.20. The van der Waals surface area contributed by atoms with E-state index in [0.717, 1.165) is 49.2 Å². The number of benzene rings is 2. The van der Waals surface area contributed by atoms with Crippen molar-refractivity contribution in [3.63, 3.8) is 0 Å². The predicted octanol–water partition coefficient (Wildman–Crippen LogP) is 9.65. The maximum atomic E-state index is 12.2. The van der Waals surface area contributed by atoms with E-state index in [0.29, 0.717) is 0 Å². The van der Waals surface area contributed by atoms with Crippen molar-refractivity contribution in [3.8, 4) is 5.75 Å². The van der Waals surface area contributed by atoms with Crippen LogP contribution in [0.2, 0.25) is 0 Å². The molecule has 1 amide bonds. The second-order valence-electron chi connectivity index (χ2n) is 9.96. The Morgan fingerprint density at radius 2 is 1.39 bits per heavy atom. The summed E-state index contributed by atoms with van der Waals surface area (Å²) in [6, 6.07) is 16.6. The molecule has 0 unspecified atom stereocenters. The molecule has 0 N–H and O–H groups in total. The van der Waals surface area contributed by atoms with E-state index >= 15 is 0 Å². The van der Waals surface area contributed by atoms with Crippen LogP contribution in [0.1, 0.15) is 108 Å². The number of halogens is 1. The van der Waals surface area contributed by atoms with Crippen LogP contribution in [0, 0.1) is 0 Å². The fourth-order valence-corrected chi connectivity index (χ4v) is 4.95. The largest absolute Gasteiger partial charge is 0.494 e. The van der Waals surface area contributed by atoms with E-state index in [1.807, 2.05) is 17.0 Å². The lowest BCUT2D eigenvalue weighted by Crippen LogP contribution is -2.29. The Labute approximate surface area is 229 Å². The Hall–Kier alpha value is -1.81. The number of ether oxygens (including phenoxy) is 1. The lowest BCUT2D eigenvalue weighted by molar-refractivity contribution is -0.116. The van der Waals surface area contributed by atoms with E-state index in [9.17, 15) is 4.79 Å². The number of carbonyl (C=O) groups excluding carboxylic acids is 1. The number of nitrogens with zero attached hydrogens (tertiary/aromatic N) is 1. The monoisotopic (exact) mass is 557 g/mol. The van der Waals surface area contributed by atoms with Crippen LogP contribution in [0.5, 0.6) is 5.75 Å². The molecule has 0 aliphatic carbocycles. The Morgan fingerprint density at radius 3 is 1.97 bits per heavy atom. The van der Waals surface area contributed by atoms with Gasteiger partial charge in [0.2, 0.25) is 5.91 Å². The van der Waals surface area contributed by atoms with E-state index < -0.39 is 0 Å². The number of rotatable bonds is 20. The van der Waals surface area contributed by atoms with Crippen LogP contribution in [-0.4, -0.2) is 19.1 Å². The molecule has 0 radical (unpaired) electrons. The summed E-state index contributed by atoms with van der Waals surface area (Å²) in [5.41, 5.74) is 3.43. The molecule has 3 nitrogen and oxygen atoms in total. The van der Waals surface area contributed by atoms with Gasteiger partial charge in [0.15, 0.2) is 0 Å². The molecular weight excluding hydrogens is 510 g/mol. The number of aryl methyl sites for hydroxylation is 1. The summed E-state index contributed by atoms with van der Waals surface area (Å²) >= 11 is 3.50. The molecular formula is C32H48BrNO2. The Kier molecular flexibility index (Phi) is 16.3. The zero-order valence-electron chi connectivity index (χ0n) is 22.8. The van der Waals surface area contributed by atoms with Crippen molar-refractivity contribution in [2.45, 2.75) is 109 Å². The Morgan fingerprint density at radius 1 is 0.778 bits per heavy atom. The molecule has 0 fully saturated rings. The highest BCUT2D eigenvalue weighted by molar-refractivity contribution is 9.08. The first kappa shape index (κ1) is 30.4. The third kappa shape index (κ3) is 12.9. The first-order chi connectivity index (χ1) is 17.6. The number of alkyl halides is 1. The van der Waals surface area contributed by atoms with Crippen LogP contribution in [0.15, 0.2) is 48.5 Å². The standard InChI is InChI=1S/C32H48BrNO2/c1-3-4-5-6-7-8-9-10-11-12-13-14-25-36-32-22-20-29(21-23-32)18-16-24-34(28(2)35)31-19-15-17-30(26-31)27-33/h15,17,19-23,26H,3-14,16,18,24-25,27H2,1-2H3. The average molecular weight is 559 g/mol. The summed E-state index contributed by atoms with van der Waals surface area (Å²) in [7, 11) is 0. The molecule has 2 rings (SSSR count). The molecule has 0 atom stereocenters. The van der Waals surface area contributed by atoms with Gasteiger partial charge in [0.05, 0.1) is 6.61 Å². The molecule has 36 heavy (non-hydrogen) atoms. The predicted molar refractivity (Wildman–Crippen MR) is 158 cm³/mol. The van der Waals surface area contributed by atoms with E-state index in [2.05, 4.69) is 59.3 Å². The van der Waals surface area contributed by atoms with Gasteiger partial charge >= 0.3 is 0 Å². The van der Waals surface area contributed by atoms with Crippen molar-refractivity contribution in [1.82, 2.24) is 0 Å². The van der Waals surface area contributed by atoms with Gasteiger partial charge in [-0.05, 0) is 54.7 Å². The van der Waals surface area contributed by atoms with Gasteiger partial charge in [0.1, 0.15) is 5.75 Å². The van der Waals surface area contributed by atoms with Crippen LogP contribution < -0.4 is 9.64 Å². The van der Waals surface area contributed by atoms with E-state index in [1.165, 1.54) is 81.8 Å². The van der Waals surface area contributed by atoms with Crippen molar-refractivity contribution < 1.29 is 9.53 Å². The van der Waals surface area contributed by atoms with Crippen molar-refractivity contribution >= 4 is 27.5 Å². The summed E-state index contributed by atoms with van der Waals surface area (Å²) < 4.78 is 5.95. The number of anilines is 1. The van der Waals surface area contributed by atoms with Gasteiger partial charge in [-0.2, -0.15) is 0 Å². The zero-order chi connectivity index (χ0) is 25.8. The van der Waals surface area contributed by atoms with E-state index in [4.69, 9.17) is 4.74 Å². The molecule has 0 aliphatic rings. The molecule has 2 aromatic carbocycles. The second kappa shape index (κ2) is 19.3. The molecule has 0 heterocycles. The Bertz CT molecular complexity index is 836. The van der Waals surface area contributed by atoms with Gasteiger partial charge < -0.3 is 9.64 Å². The van der Waals surface area contributed by atoms with Gasteiger partial charge in [-0.25, -0.2) is 0 Å². The smallest absolute Gasteiger partial charge is 0.223 e. The maximum Gasteiger partial charge on any atom is 0.223 e. The number of hydrogen-bond donors (Lipinski definition) is 0. The SMILES string of the molecule is CCCCCCCCCCCCCCOc1ccc(CCCN(C(C)=O)c2cccc(CBr)c2)cc1. The van der Waals surface area contributed by atoms with Crippen LogP contribution >= 0.6 is 15.9 Å². The van der Waals surface area contributed by atoms with Gasteiger partial charge in [-0.15, -0.1) is 0 Å². The number of hydrogen-bond acceptors (Lipinski definition) is 2. The topological polar surface area (TPSA) is 29.5 Å². The third-order valence-corrected chi connectivity index (χ3v) is 7.44. The number of carbonyl (C=O) groups is 1. The normalized spacial score (nSPS) is 11.0. The minimum absolute atomic E-state index is 0.0864. The summed E-state index contributed by atoms with van der Waals surface area (Å²) in [5, 5.41) is 0.792.